The topological polar surface area (TPSA) is 0 Å². The monoisotopic (exact) mass is 348 g/mol. The van der Waals surface area contributed by atoms with Crippen molar-refractivity contribution in [1.82, 2.24) is 0 Å². The second-order valence-corrected chi connectivity index (χ2v) is 5.47. The van der Waals surface area contributed by atoms with E-state index in [-0.39, 0.29) is 15.6 Å². The van der Waals surface area contributed by atoms with Gasteiger partial charge in [0, 0.05) is 11.1 Å². The van der Waals surface area contributed by atoms with Crippen LogP contribution in [0.4, 0.5) is 13.2 Å². The number of hydrogen-bond donors (Lipinski definition) is 0. The highest BCUT2D eigenvalue weighted by Crippen LogP contribution is 2.34. The Kier molecular flexibility index (Phi) is 4.21. The molecule has 0 nitrogen and oxygen atoms in total. The highest BCUT2D eigenvalue weighted by molar-refractivity contribution is 9.10. The van der Waals surface area contributed by atoms with Crippen LogP contribution >= 0.6 is 27.5 Å². The van der Waals surface area contributed by atoms with Gasteiger partial charge in [0.25, 0.3) is 0 Å². The second-order valence-electron chi connectivity index (χ2n) is 4.18. The van der Waals surface area contributed by atoms with Crippen LogP contribution in [0, 0.1) is 24.4 Å². The first-order valence-corrected chi connectivity index (χ1v) is 6.67. The molecule has 0 N–H and O–H groups in total. The van der Waals surface area contributed by atoms with Crippen LogP contribution in [0.5, 0.6) is 0 Å². The third kappa shape index (κ3) is 2.95. The molecule has 0 aliphatic heterocycles. The zero-order valence-electron chi connectivity index (χ0n) is 9.85. The molecule has 0 aromatic heterocycles. The van der Waals surface area contributed by atoms with Gasteiger partial charge in [-0.25, -0.2) is 13.2 Å². The fourth-order valence-electron chi connectivity index (χ4n) is 1.76. The Balaban J connectivity index is 2.52. The minimum atomic E-state index is -1.08. The van der Waals surface area contributed by atoms with Crippen LogP contribution in [0.1, 0.15) is 22.1 Å². The van der Waals surface area contributed by atoms with E-state index in [4.69, 9.17) is 11.6 Å². The number of halogens is 5. The summed E-state index contributed by atoms with van der Waals surface area (Å²) in [5.41, 5.74) is 0.828. The van der Waals surface area contributed by atoms with Crippen LogP contribution in [0.15, 0.2) is 34.8 Å². The highest BCUT2D eigenvalue weighted by Gasteiger charge is 2.20. The molecule has 2 aromatic carbocycles. The van der Waals surface area contributed by atoms with Gasteiger partial charge in [-0.05, 0) is 41.1 Å². The molecular formula is C14H9BrClF3. The first-order valence-electron chi connectivity index (χ1n) is 5.44. The van der Waals surface area contributed by atoms with Gasteiger partial charge in [0.05, 0.1) is 9.85 Å². The second kappa shape index (κ2) is 5.55. The molecule has 0 amide bonds. The Bertz CT molecular complexity index is 628. The van der Waals surface area contributed by atoms with Crippen LogP contribution in [0.3, 0.4) is 0 Å². The van der Waals surface area contributed by atoms with E-state index in [0.29, 0.717) is 0 Å². The summed E-state index contributed by atoms with van der Waals surface area (Å²) in [6.45, 7) is 1.77. The van der Waals surface area contributed by atoms with Crippen molar-refractivity contribution in [3.05, 3.63) is 68.9 Å². The van der Waals surface area contributed by atoms with Gasteiger partial charge in [-0.3, -0.25) is 0 Å². The van der Waals surface area contributed by atoms with E-state index in [1.54, 1.807) is 13.0 Å². The van der Waals surface area contributed by atoms with E-state index >= 15 is 0 Å². The molecule has 0 spiro atoms. The lowest BCUT2D eigenvalue weighted by molar-refractivity contribution is 0.576. The zero-order chi connectivity index (χ0) is 14.2. The van der Waals surface area contributed by atoms with Crippen LogP contribution in [0.2, 0.25) is 0 Å². The van der Waals surface area contributed by atoms with E-state index in [9.17, 15) is 13.2 Å². The number of rotatable bonds is 2. The molecule has 0 bridgehead atoms. The Morgan fingerprint density at radius 3 is 2.26 bits per heavy atom. The maximum atomic E-state index is 13.8. The predicted octanol–water partition coefficient (Wildman–Crippen LogP) is 5.50. The maximum Gasteiger partial charge on any atom is 0.137 e. The summed E-state index contributed by atoms with van der Waals surface area (Å²) in [7, 11) is 0. The first kappa shape index (κ1) is 14.4. The van der Waals surface area contributed by atoms with Crippen molar-refractivity contribution in [2.24, 2.45) is 0 Å². The Labute approximate surface area is 122 Å². The molecule has 2 aromatic rings. The summed E-state index contributed by atoms with van der Waals surface area (Å²) in [6, 6.07) is 6.31. The van der Waals surface area contributed by atoms with Gasteiger partial charge in [0.1, 0.15) is 17.5 Å². The fraction of sp³-hybridized carbons (Fsp3) is 0.143. The first-order chi connectivity index (χ1) is 8.90. The summed E-state index contributed by atoms with van der Waals surface area (Å²) < 4.78 is 41.0. The molecular weight excluding hydrogens is 341 g/mol. The number of aryl methyl sites for hydroxylation is 1. The average Bonchev–Trinajstić information content (AvgIpc) is 2.36. The van der Waals surface area contributed by atoms with Gasteiger partial charge in [0.2, 0.25) is 0 Å². The van der Waals surface area contributed by atoms with Gasteiger partial charge >= 0.3 is 0 Å². The van der Waals surface area contributed by atoms with Crippen LogP contribution in [0.25, 0.3) is 0 Å². The van der Waals surface area contributed by atoms with Crippen molar-refractivity contribution in [3.8, 4) is 0 Å². The third-order valence-electron chi connectivity index (χ3n) is 2.74. The van der Waals surface area contributed by atoms with Crippen LogP contribution in [-0.4, -0.2) is 0 Å². The molecule has 0 saturated heterocycles. The van der Waals surface area contributed by atoms with Gasteiger partial charge in [-0.15, -0.1) is 11.6 Å². The lowest BCUT2D eigenvalue weighted by Crippen LogP contribution is -2.02. The molecule has 100 valence electrons. The van der Waals surface area contributed by atoms with Gasteiger partial charge < -0.3 is 0 Å². The van der Waals surface area contributed by atoms with Gasteiger partial charge in [-0.1, -0.05) is 17.7 Å². The molecule has 0 radical (unpaired) electrons. The summed E-state index contributed by atoms with van der Waals surface area (Å²) in [4.78, 5) is 0. The van der Waals surface area contributed by atoms with Crippen molar-refractivity contribution in [1.29, 1.82) is 0 Å². The van der Waals surface area contributed by atoms with E-state index in [2.05, 4.69) is 15.9 Å². The normalized spacial score (nSPS) is 12.5. The third-order valence-corrected chi connectivity index (χ3v) is 3.82. The summed E-state index contributed by atoms with van der Waals surface area (Å²) in [5.74, 6) is -1.88. The van der Waals surface area contributed by atoms with E-state index in [0.717, 1.165) is 17.7 Å². The molecule has 1 atom stereocenters. The molecule has 0 saturated carbocycles. The number of alkyl halides is 1. The quantitative estimate of drug-likeness (QED) is 0.496. The minimum absolute atomic E-state index is 0.00216. The highest BCUT2D eigenvalue weighted by atomic mass is 79.9. The van der Waals surface area contributed by atoms with Gasteiger partial charge in [-0.2, -0.15) is 0 Å². The van der Waals surface area contributed by atoms with E-state index in [1.165, 1.54) is 12.1 Å². The smallest absolute Gasteiger partial charge is 0.137 e. The molecule has 0 fully saturated rings. The Morgan fingerprint density at radius 1 is 0.947 bits per heavy atom. The summed E-state index contributed by atoms with van der Waals surface area (Å²) >= 11 is 8.96. The van der Waals surface area contributed by atoms with Crippen LogP contribution in [-0.2, 0) is 0 Å². The van der Waals surface area contributed by atoms with Gasteiger partial charge in [0.15, 0.2) is 0 Å². The van der Waals surface area contributed by atoms with E-state index < -0.39 is 22.8 Å². The summed E-state index contributed by atoms with van der Waals surface area (Å²) in [5, 5.41) is -1.08. The average molecular weight is 350 g/mol. The van der Waals surface area contributed by atoms with Crippen LogP contribution < -0.4 is 0 Å². The van der Waals surface area contributed by atoms with E-state index in [1.807, 2.05) is 0 Å². The lowest BCUT2D eigenvalue weighted by atomic mass is 10.0. The zero-order valence-corrected chi connectivity index (χ0v) is 12.2. The summed E-state index contributed by atoms with van der Waals surface area (Å²) in [6.07, 6.45) is 0. The standard InChI is InChI=1S/C14H9BrClF3/c1-7-2-3-11(17)8(4-7)14(16)9-5-13(19)10(15)6-12(9)18/h2-6,14H,1H3. The maximum absolute atomic E-state index is 13.8. The molecule has 1 unspecified atom stereocenters. The largest absolute Gasteiger partial charge is 0.207 e. The lowest BCUT2D eigenvalue weighted by Gasteiger charge is -2.13. The predicted molar refractivity (Wildman–Crippen MR) is 72.9 cm³/mol. The molecule has 0 heterocycles. The van der Waals surface area contributed by atoms with Crippen molar-refractivity contribution < 1.29 is 13.2 Å². The molecule has 2 rings (SSSR count). The minimum Gasteiger partial charge on any atom is -0.207 e. The number of hydrogen-bond acceptors (Lipinski definition) is 0. The van der Waals surface area contributed by atoms with Crippen molar-refractivity contribution in [2.45, 2.75) is 12.3 Å². The SMILES string of the molecule is Cc1ccc(F)c(C(Cl)c2cc(F)c(Br)cc2F)c1. The fourth-order valence-corrected chi connectivity index (χ4v) is 2.41. The Morgan fingerprint density at radius 2 is 1.58 bits per heavy atom. The molecule has 0 aliphatic carbocycles. The molecule has 5 heteroatoms. The van der Waals surface area contributed by atoms with Crippen molar-refractivity contribution in [3.63, 3.8) is 0 Å². The molecule has 19 heavy (non-hydrogen) atoms. The van der Waals surface area contributed by atoms with Crippen molar-refractivity contribution >= 4 is 27.5 Å². The number of benzene rings is 2. The van der Waals surface area contributed by atoms with Crippen molar-refractivity contribution in [2.75, 3.05) is 0 Å². The Hall–Kier alpha value is -1.00. The molecule has 0 aliphatic rings.